The first-order valence-electron chi connectivity index (χ1n) is 10.5. The number of benzene rings is 2. The van der Waals surface area contributed by atoms with E-state index < -0.39 is 0 Å². The van der Waals surface area contributed by atoms with E-state index in [4.69, 9.17) is 9.47 Å². The molecule has 3 rings (SSSR count). The Morgan fingerprint density at radius 2 is 2.03 bits per heavy atom. The zero-order chi connectivity index (χ0) is 23.6. The van der Waals surface area contributed by atoms with Crippen LogP contribution in [0.2, 0.25) is 0 Å². The topological polar surface area (TPSA) is 78.3 Å². The Bertz CT molecular complexity index is 1090. The number of aromatic nitrogens is 3. The van der Waals surface area contributed by atoms with E-state index in [2.05, 4.69) is 38.0 Å². The second kappa shape index (κ2) is 12.5. The molecule has 174 valence electrons. The summed E-state index contributed by atoms with van der Waals surface area (Å²) in [6.45, 7) is 7.02. The first-order chi connectivity index (χ1) is 16.0. The fourth-order valence-corrected chi connectivity index (χ4v) is 4.35. The standard InChI is InChI=1S/C24H27BrN4O3S/c1-4-13-29-22(6-5-14-32-21-12-7-18(25)15-17(21)2)27-28-24(29)33-16-23(30)26-19-8-10-20(31-3)11-9-19/h4,7-12,15H,1,5-6,13-14,16H2,2-3H3,(H,26,30). The number of hydrogen-bond acceptors (Lipinski definition) is 6. The van der Waals surface area contributed by atoms with Crippen LogP contribution in [0.15, 0.2) is 64.7 Å². The molecule has 0 atom stereocenters. The van der Waals surface area contributed by atoms with Crippen molar-refractivity contribution in [2.45, 2.75) is 31.5 Å². The Hall–Kier alpha value is -2.78. The molecule has 33 heavy (non-hydrogen) atoms. The van der Waals surface area contributed by atoms with Crippen molar-refractivity contribution in [3.05, 3.63) is 71.0 Å². The highest BCUT2D eigenvalue weighted by Gasteiger charge is 2.14. The van der Waals surface area contributed by atoms with Gasteiger partial charge in [0.1, 0.15) is 17.3 Å². The number of carbonyl (C=O) groups excluding carboxylic acids is 1. The van der Waals surface area contributed by atoms with Crippen molar-refractivity contribution in [2.75, 3.05) is 24.8 Å². The van der Waals surface area contributed by atoms with Crippen molar-refractivity contribution in [2.24, 2.45) is 0 Å². The van der Waals surface area contributed by atoms with E-state index in [9.17, 15) is 4.79 Å². The highest BCUT2D eigenvalue weighted by molar-refractivity contribution is 9.10. The molecule has 1 heterocycles. The second-order valence-corrected chi connectivity index (χ2v) is 9.08. The molecule has 0 saturated carbocycles. The van der Waals surface area contributed by atoms with Crippen LogP contribution in [-0.4, -0.2) is 40.1 Å². The first kappa shape index (κ1) is 24.9. The maximum Gasteiger partial charge on any atom is 0.234 e. The van der Waals surface area contributed by atoms with Crippen molar-refractivity contribution in [3.8, 4) is 11.5 Å². The summed E-state index contributed by atoms with van der Waals surface area (Å²) in [7, 11) is 1.61. The average molecular weight is 531 g/mol. The van der Waals surface area contributed by atoms with E-state index in [1.54, 1.807) is 37.5 Å². The Balaban J connectivity index is 1.51. The van der Waals surface area contributed by atoms with Crippen molar-refractivity contribution in [1.82, 2.24) is 14.8 Å². The number of amides is 1. The van der Waals surface area contributed by atoms with Crippen LogP contribution in [0, 0.1) is 6.92 Å². The highest BCUT2D eigenvalue weighted by atomic mass is 79.9. The molecule has 0 aliphatic heterocycles. The third-order valence-corrected chi connectivity index (χ3v) is 6.21. The molecular formula is C24H27BrN4O3S. The Kier molecular flexibility index (Phi) is 9.38. The molecule has 0 spiro atoms. The van der Waals surface area contributed by atoms with Gasteiger partial charge in [-0.25, -0.2) is 0 Å². The summed E-state index contributed by atoms with van der Waals surface area (Å²) in [5, 5.41) is 12.2. The fourth-order valence-electron chi connectivity index (χ4n) is 3.11. The second-order valence-electron chi connectivity index (χ2n) is 7.23. The molecule has 7 nitrogen and oxygen atoms in total. The largest absolute Gasteiger partial charge is 0.497 e. The lowest BCUT2D eigenvalue weighted by Gasteiger charge is -2.10. The van der Waals surface area contributed by atoms with Gasteiger partial charge in [0, 0.05) is 23.1 Å². The van der Waals surface area contributed by atoms with Crippen LogP contribution in [0.1, 0.15) is 17.8 Å². The van der Waals surface area contributed by atoms with E-state index in [-0.39, 0.29) is 11.7 Å². The fraction of sp³-hybridized carbons (Fsp3) is 0.292. The summed E-state index contributed by atoms with van der Waals surface area (Å²) in [4.78, 5) is 12.4. The number of methoxy groups -OCH3 is 1. The van der Waals surface area contributed by atoms with Gasteiger partial charge in [-0.15, -0.1) is 16.8 Å². The molecule has 0 bridgehead atoms. The number of aryl methyl sites for hydroxylation is 2. The van der Waals surface area contributed by atoms with Gasteiger partial charge in [-0.3, -0.25) is 4.79 Å². The Morgan fingerprint density at radius 3 is 2.73 bits per heavy atom. The number of ether oxygens (including phenoxy) is 2. The maximum absolute atomic E-state index is 12.4. The van der Waals surface area contributed by atoms with Gasteiger partial charge < -0.3 is 19.4 Å². The summed E-state index contributed by atoms with van der Waals surface area (Å²) in [5.41, 5.74) is 1.81. The van der Waals surface area contributed by atoms with Crippen molar-refractivity contribution < 1.29 is 14.3 Å². The smallest absolute Gasteiger partial charge is 0.234 e. The normalized spacial score (nSPS) is 10.6. The predicted molar refractivity (Wildman–Crippen MR) is 135 cm³/mol. The Morgan fingerprint density at radius 1 is 1.24 bits per heavy atom. The monoisotopic (exact) mass is 530 g/mol. The van der Waals surface area contributed by atoms with E-state index in [1.165, 1.54) is 11.8 Å². The van der Waals surface area contributed by atoms with E-state index in [0.717, 1.165) is 45.9 Å². The average Bonchev–Trinajstić information content (AvgIpc) is 3.18. The number of halogens is 1. The van der Waals surface area contributed by atoms with Crippen LogP contribution < -0.4 is 14.8 Å². The van der Waals surface area contributed by atoms with Crippen molar-refractivity contribution >= 4 is 39.3 Å². The number of nitrogens with zero attached hydrogens (tertiary/aromatic N) is 3. The lowest BCUT2D eigenvalue weighted by molar-refractivity contribution is -0.113. The lowest BCUT2D eigenvalue weighted by Crippen LogP contribution is -2.14. The number of hydrogen-bond donors (Lipinski definition) is 1. The summed E-state index contributed by atoms with van der Waals surface area (Å²) in [6.07, 6.45) is 3.32. The van der Waals surface area contributed by atoms with Crippen molar-refractivity contribution in [1.29, 1.82) is 0 Å². The van der Waals surface area contributed by atoms with E-state index >= 15 is 0 Å². The zero-order valence-electron chi connectivity index (χ0n) is 18.7. The van der Waals surface area contributed by atoms with Gasteiger partial charge in [0.15, 0.2) is 5.16 Å². The molecule has 1 amide bonds. The number of rotatable bonds is 12. The minimum atomic E-state index is -0.113. The van der Waals surface area contributed by atoms with Crippen LogP contribution in [0.25, 0.3) is 0 Å². The van der Waals surface area contributed by atoms with Gasteiger partial charge >= 0.3 is 0 Å². The third-order valence-electron chi connectivity index (χ3n) is 4.75. The first-order valence-corrected chi connectivity index (χ1v) is 12.3. The zero-order valence-corrected chi connectivity index (χ0v) is 21.1. The van der Waals surface area contributed by atoms with Crippen LogP contribution >= 0.6 is 27.7 Å². The lowest BCUT2D eigenvalue weighted by atomic mass is 10.2. The molecule has 0 radical (unpaired) electrons. The number of anilines is 1. The molecule has 1 N–H and O–H groups in total. The summed E-state index contributed by atoms with van der Waals surface area (Å²) < 4.78 is 14.1. The third kappa shape index (κ3) is 7.36. The number of nitrogens with one attached hydrogen (secondary N) is 1. The molecule has 0 aliphatic rings. The van der Waals surface area contributed by atoms with Crippen molar-refractivity contribution in [3.63, 3.8) is 0 Å². The molecular weight excluding hydrogens is 504 g/mol. The molecule has 2 aromatic carbocycles. The minimum absolute atomic E-state index is 0.113. The molecule has 0 fully saturated rings. The summed E-state index contributed by atoms with van der Waals surface area (Å²) in [5.74, 6) is 2.59. The molecule has 0 unspecified atom stereocenters. The SMILES string of the molecule is C=CCn1c(CCCOc2ccc(Br)cc2C)nnc1SCC(=O)Nc1ccc(OC)cc1. The van der Waals surface area contributed by atoms with E-state index in [0.29, 0.717) is 18.3 Å². The predicted octanol–water partition coefficient (Wildman–Crippen LogP) is 5.29. The number of allylic oxidation sites excluding steroid dienone is 1. The number of thioether (sulfide) groups is 1. The van der Waals surface area contributed by atoms with Crippen LogP contribution in [0.4, 0.5) is 5.69 Å². The van der Waals surface area contributed by atoms with Gasteiger partial charge in [-0.1, -0.05) is 33.8 Å². The Labute approximate surface area is 206 Å². The maximum atomic E-state index is 12.4. The highest BCUT2D eigenvalue weighted by Crippen LogP contribution is 2.23. The quantitative estimate of drug-likeness (QED) is 0.195. The van der Waals surface area contributed by atoms with Gasteiger partial charge in [0.05, 0.1) is 19.5 Å². The van der Waals surface area contributed by atoms with Gasteiger partial charge in [0.2, 0.25) is 5.91 Å². The number of carbonyl (C=O) groups is 1. The van der Waals surface area contributed by atoms with E-state index in [1.807, 2.05) is 29.7 Å². The summed E-state index contributed by atoms with van der Waals surface area (Å²) >= 11 is 4.82. The van der Waals surface area contributed by atoms with Crippen LogP contribution in [0.3, 0.4) is 0 Å². The molecule has 9 heteroatoms. The van der Waals surface area contributed by atoms with Gasteiger partial charge in [0.25, 0.3) is 0 Å². The van der Waals surface area contributed by atoms with Gasteiger partial charge in [-0.2, -0.15) is 0 Å². The van der Waals surface area contributed by atoms with Gasteiger partial charge in [-0.05, 0) is 61.4 Å². The van der Waals surface area contributed by atoms with Crippen LogP contribution in [-0.2, 0) is 17.8 Å². The summed E-state index contributed by atoms with van der Waals surface area (Å²) in [6, 6.07) is 13.2. The minimum Gasteiger partial charge on any atom is -0.497 e. The molecule has 0 aliphatic carbocycles. The molecule has 0 saturated heterocycles. The molecule has 1 aromatic heterocycles. The molecule has 3 aromatic rings. The van der Waals surface area contributed by atoms with Crippen LogP contribution in [0.5, 0.6) is 11.5 Å².